The quantitative estimate of drug-likeness (QED) is 0.419. The van der Waals surface area contributed by atoms with Crippen molar-refractivity contribution in [1.29, 1.82) is 0 Å². The van der Waals surface area contributed by atoms with Crippen molar-refractivity contribution >= 4 is 46.5 Å². The van der Waals surface area contributed by atoms with Crippen molar-refractivity contribution in [1.82, 2.24) is 9.80 Å². The van der Waals surface area contributed by atoms with Crippen molar-refractivity contribution in [2.24, 2.45) is 0 Å². The minimum Gasteiger partial charge on any atom is -0.490 e. The molecule has 0 aliphatic carbocycles. The van der Waals surface area contributed by atoms with E-state index in [0.29, 0.717) is 41.8 Å². The number of ether oxygens (including phenoxy) is 2. The average molecular weight is 529 g/mol. The number of hydrogen-bond acceptors (Lipinski definition) is 6. The molecule has 1 fully saturated rings. The summed E-state index contributed by atoms with van der Waals surface area (Å²) >= 11 is 7.30. The molecular formula is C27H29ClN2O5S. The summed E-state index contributed by atoms with van der Waals surface area (Å²) in [5, 5.41) is -0.114. The second kappa shape index (κ2) is 11.4. The molecule has 7 nitrogen and oxygen atoms in total. The molecule has 0 radical (unpaired) electrons. The van der Waals surface area contributed by atoms with Gasteiger partial charge in [-0.2, -0.15) is 0 Å². The highest BCUT2D eigenvalue weighted by Gasteiger charge is 2.37. The summed E-state index contributed by atoms with van der Waals surface area (Å²) in [6, 6.07) is 11.4. The molecule has 1 atom stereocenters. The third-order valence-electron chi connectivity index (χ3n) is 6.17. The molecule has 190 valence electrons. The van der Waals surface area contributed by atoms with Gasteiger partial charge in [-0.05, 0) is 73.4 Å². The van der Waals surface area contributed by atoms with E-state index in [9.17, 15) is 14.4 Å². The number of hydrogen-bond donors (Lipinski definition) is 0. The van der Waals surface area contributed by atoms with Crippen molar-refractivity contribution in [3.63, 3.8) is 0 Å². The molecule has 0 spiro atoms. The summed E-state index contributed by atoms with van der Waals surface area (Å²) in [6.45, 7) is 6.98. The van der Waals surface area contributed by atoms with Crippen molar-refractivity contribution in [3.8, 4) is 11.5 Å². The van der Waals surface area contributed by atoms with Gasteiger partial charge in [0.1, 0.15) is 6.54 Å². The molecule has 3 amide bonds. The summed E-state index contributed by atoms with van der Waals surface area (Å²) in [7, 11) is 0. The lowest BCUT2D eigenvalue weighted by atomic mass is 10.00. The zero-order valence-corrected chi connectivity index (χ0v) is 22.2. The number of carbonyl (C=O) groups excluding carboxylic acids is 3. The standard InChI is InChI=1S/C27H29ClN2O5S/c1-4-17(3)35-25-21(28)12-18(13-22(25)34-5-2)14-23-26(32)30(27(33)36-23)16-24(31)29-11-10-19-8-6-7-9-20(19)15-29/h6-9,12-14,17H,4-5,10-11,15-16H2,1-3H3/b23-14-/t17-/m0/s1. The van der Waals surface area contributed by atoms with Gasteiger partial charge in [-0.15, -0.1) is 0 Å². The van der Waals surface area contributed by atoms with Gasteiger partial charge in [0.05, 0.1) is 22.6 Å². The van der Waals surface area contributed by atoms with E-state index in [4.69, 9.17) is 21.1 Å². The van der Waals surface area contributed by atoms with Crippen molar-refractivity contribution < 1.29 is 23.9 Å². The third-order valence-corrected chi connectivity index (χ3v) is 7.36. The number of thioether (sulfide) groups is 1. The fourth-order valence-corrected chi connectivity index (χ4v) is 5.17. The van der Waals surface area contributed by atoms with E-state index in [-0.39, 0.29) is 23.5 Å². The molecule has 2 aromatic rings. The van der Waals surface area contributed by atoms with Crippen LogP contribution in [0.5, 0.6) is 11.5 Å². The summed E-state index contributed by atoms with van der Waals surface area (Å²) < 4.78 is 11.7. The molecule has 2 heterocycles. The maximum absolute atomic E-state index is 13.0. The Kier molecular flexibility index (Phi) is 8.26. The largest absolute Gasteiger partial charge is 0.490 e. The summed E-state index contributed by atoms with van der Waals surface area (Å²) in [5.41, 5.74) is 2.92. The number of fused-ring (bicyclic) bond motifs is 1. The highest BCUT2D eigenvalue weighted by Crippen LogP contribution is 2.40. The van der Waals surface area contributed by atoms with Gasteiger partial charge in [-0.3, -0.25) is 19.3 Å². The Hall–Kier alpha value is -2.97. The zero-order valence-electron chi connectivity index (χ0n) is 20.6. The maximum Gasteiger partial charge on any atom is 0.294 e. The van der Waals surface area contributed by atoms with Gasteiger partial charge in [0.15, 0.2) is 11.5 Å². The van der Waals surface area contributed by atoms with Crippen LogP contribution in [0.2, 0.25) is 5.02 Å². The van der Waals surface area contributed by atoms with E-state index < -0.39 is 11.1 Å². The zero-order chi connectivity index (χ0) is 25.8. The van der Waals surface area contributed by atoms with Crippen LogP contribution in [-0.4, -0.2) is 52.7 Å². The molecule has 0 unspecified atom stereocenters. The third kappa shape index (κ3) is 5.71. The van der Waals surface area contributed by atoms with E-state index in [1.165, 1.54) is 5.56 Å². The van der Waals surface area contributed by atoms with Gasteiger partial charge in [0.25, 0.3) is 11.1 Å². The van der Waals surface area contributed by atoms with Crippen molar-refractivity contribution in [2.45, 2.75) is 46.3 Å². The number of imide groups is 1. The second-order valence-electron chi connectivity index (χ2n) is 8.70. The first-order chi connectivity index (χ1) is 17.3. The minimum atomic E-state index is -0.496. The predicted molar refractivity (Wildman–Crippen MR) is 141 cm³/mol. The van der Waals surface area contributed by atoms with Crippen molar-refractivity contribution in [2.75, 3.05) is 19.7 Å². The van der Waals surface area contributed by atoms with E-state index in [1.807, 2.05) is 39.0 Å². The normalized spacial score (nSPS) is 17.4. The van der Waals surface area contributed by atoms with Crippen LogP contribution in [-0.2, 0) is 22.6 Å². The van der Waals surface area contributed by atoms with Crippen LogP contribution in [0.25, 0.3) is 6.08 Å². The highest BCUT2D eigenvalue weighted by atomic mass is 35.5. The lowest BCUT2D eigenvalue weighted by Gasteiger charge is -2.29. The number of halogens is 1. The number of nitrogens with zero attached hydrogens (tertiary/aromatic N) is 2. The maximum atomic E-state index is 13.0. The lowest BCUT2D eigenvalue weighted by molar-refractivity contribution is -0.136. The van der Waals surface area contributed by atoms with Gasteiger partial charge in [0.2, 0.25) is 5.91 Å². The Morgan fingerprint density at radius 1 is 1.19 bits per heavy atom. The number of rotatable bonds is 8. The number of amides is 3. The molecule has 0 N–H and O–H groups in total. The number of benzene rings is 2. The SMILES string of the molecule is CCOc1cc(/C=C2\SC(=O)N(CC(=O)N3CCc4ccccc4C3)C2=O)cc(Cl)c1O[C@@H](C)CC. The van der Waals surface area contributed by atoms with E-state index in [1.54, 1.807) is 23.1 Å². The number of carbonyl (C=O) groups is 3. The molecule has 0 bridgehead atoms. The van der Waals surface area contributed by atoms with E-state index in [0.717, 1.165) is 35.1 Å². The monoisotopic (exact) mass is 528 g/mol. The van der Waals surface area contributed by atoms with Gasteiger partial charge in [-0.1, -0.05) is 42.8 Å². The molecule has 1 saturated heterocycles. The highest BCUT2D eigenvalue weighted by molar-refractivity contribution is 8.18. The Balaban J connectivity index is 1.49. The van der Waals surface area contributed by atoms with Crippen LogP contribution in [0.4, 0.5) is 4.79 Å². The average Bonchev–Trinajstić information content (AvgIpc) is 3.12. The summed E-state index contributed by atoms with van der Waals surface area (Å²) in [6.07, 6.45) is 3.10. The summed E-state index contributed by atoms with van der Waals surface area (Å²) in [5.74, 6) is 0.175. The van der Waals surface area contributed by atoms with Crippen LogP contribution in [0, 0.1) is 0 Å². The molecule has 36 heavy (non-hydrogen) atoms. The van der Waals surface area contributed by atoms with Gasteiger partial charge >= 0.3 is 0 Å². The Morgan fingerprint density at radius 2 is 1.94 bits per heavy atom. The molecule has 0 saturated carbocycles. The molecule has 4 rings (SSSR count). The van der Waals surface area contributed by atoms with Gasteiger partial charge in [-0.25, -0.2) is 0 Å². The minimum absolute atomic E-state index is 0.0463. The van der Waals surface area contributed by atoms with E-state index in [2.05, 4.69) is 6.07 Å². The molecule has 9 heteroatoms. The topological polar surface area (TPSA) is 76.2 Å². The van der Waals surface area contributed by atoms with Gasteiger partial charge < -0.3 is 14.4 Å². The van der Waals surface area contributed by atoms with Crippen LogP contribution >= 0.6 is 23.4 Å². The Labute approximate surface area is 220 Å². The molecular weight excluding hydrogens is 500 g/mol. The molecule has 0 aromatic heterocycles. The van der Waals surface area contributed by atoms with Crippen LogP contribution in [0.15, 0.2) is 41.3 Å². The lowest BCUT2D eigenvalue weighted by Crippen LogP contribution is -2.44. The van der Waals surface area contributed by atoms with E-state index >= 15 is 0 Å². The Bertz CT molecular complexity index is 1210. The molecule has 2 aromatic carbocycles. The molecule has 2 aliphatic rings. The fourth-order valence-electron chi connectivity index (χ4n) is 4.06. The Morgan fingerprint density at radius 3 is 2.67 bits per heavy atom. The first-order valence-electron chi connectivity index (χ1n) is 12.0. The smallest absolute Gasteiger partial charge is 0.294 e. The second-order valence-corrected chi connectivity index (χ2v) is 10.1. The van der Waals surface area contributed by atoms with Crippen LogP contribution < -0.4 is 9.47 Å². The fraction of sp³-hybridized carbons (Fsp3) is 0.370. The van der Waals surface area contributed by atoms with Gasteiger partial charge in [0, 0.05) is 13.1 Å². The predicted octanol–water partition coefficient (Wildman–Crippen LogP) is 5.54. The van der Waals surface area contributed by atoms with Crippen molar-refractivity contribution in [3.05, 3.63) is 63.0 Å². The first kappa shape index (κ1) is 26.1. The van der Waals surface area contributed by atoms with Crippen LogP contribution in [0.3, 0.4) is 0 Å². The van der Waals surface area contributed by atoms with Crippen LogP contribution in [0.1, 0.15) is 43.9 Å². The summed E-state index contributed by atoms with van der Waals surface area (Å²) in [4.78, 5) is 41.5. The first-order valence-corrected chi connectivity index (χ1v) is 13.2. The molecule has 2 aliphatic heterocycles.